The molecule has 1 aromatic heterocycles. The molecule has 34 heavy (non-hydrogen) atoms. The first-order valence-corrected chi connectivity index (χ1v) is 12.8. The molecular formula is C28H28N2O3S. The fraction of sp³-hybridized carbons (Fsp3) is 0.321. The van der Waals surface area contributed by atoms with Crippen molar-refractivity contribution in [1.82, 2.24) is 4.98 Å². The molecule has 0 bridgehead atoms. The SMILES string of the molecule is O=C(O)c1ccccc1C1(C(=O)Nc2cccc(/C=C/c3nc(C4CCC4)cs3)c2)CCCC1. The van der Waals surface area contributed by atoms with Gasteiger partial charge in [0.05, 0.1) is 16.7 Å². The van der Waals surface area contributed by atoms with Crippen LogP contribution in [0.1, 0.15) is 83.1 Å². The molecule has 0 unspecified atom stereocenters. The molecule has 2 aromatic carbocycles. The maximum Gasteiger partial charge on any atom is 0.335 e. The molecule has 1 heterocycles. The number of aromatic carboxylic acids is 1. The van der Waals surface area contributed by atoms with E-state index in [1.165, 1.54) is 25.0 Å². The quantitative estimate of drug-likeness (QED) is 0.400. The van der Waals surface area contributed by atoms with Gasteiger partial charge in [0.25, 0.3) is 0 Å². The predicted octanol–water partition coefficient (Wildman–Crippen LogP) is 6.73. The number of carboxylic acid groups (broad SMARTS) is 1. The van der Waals surface area contributed by atoms with Crippen LogP contribution < -0.4 is 5.32 Å². The summed E-state index contributed by atoms with van der Waals surface area (Å²) in [5.74, 6) is -0.500. The second-order valence-corrected chi connectivity index (χ2v) is 10.2. The largest absolute Gasteiger partial charge is 0.478 e. The van der Waals surface area contributed by atoms with Crippen LogP contribution in [0.5, 0.6) is 0 Å². The van der Waals surface area contributed by atoms with Crippen molar-refractivity contribution < 1.29 is 14.7 Å². The number of benzene rings is 2. The average molecular weight is 473 g/mol. The van der Waals surface area contributed by atoms with Crippen molar-refractivity contribution in [1.29, 1.82) is 0 Å². The third-order valence-corrected chi connectivity index (χ3v) is 8.02. The Morgan fingerprint density at radius 1 is 1.03 bits per heavy atom. The smallest absolute Gasteiger partial charge is 0.335 e. The van der Waals surface area contributed by atoms with Crippen molar-refractivity contribution in [3.8, 4) is 0 Å². The second kappa shape index (κ2) is 9.55. The minimum Gasteiger partial charge on any atom is -0.478 e. The van der Waals surface area contributed by atoms with Crippen LogP contribution in [0, 0.1) is 0 Å². The topological polar surface area (TPSA) is 79.3 Å². The normalized spacial score (nSPS) is 17.5. The first kappa shape index (κ1) is 22.5. The van der Waals surface area contributed by atoms with Crippen LogP contribution in [-0.4, -0.2) is 22.0 Å². The number of carboxylic acids is 1. The van der Waals surface area contributed by atoms with Crippen molar-refractivity contribution in [3.05, 3.63) is 81.3 Å². The Hall–Kier alpha value is -3.25. The molecule has 0 saturated heterocycles. The van der Waals surface area contributed by atoms with Crippen LogP contribution in [0.4, 0.5) is 5.69 Å². The van der Waals surface area contributed by atoms with Gasteiger partial charge < -0.3 is 10.4 Å². The summed E-state index contributed by atoms with van der Waals surface area (Å²) in [5, 5.41) is 15.9. The molecule has 6 heteroatoms. The number of anilines is 1. The van der Waals surface area contributed by atoms with Gasteiger partial charge in [-0.25, -0.2) is 9.78 Å². The first-order chi connectivity index (χ1) is 16.5. The zero-order valence-corrected chi connectivity index (χ0v) is 19.8. The van der Waals surface area contributed by atoms with E-state index < -0.39 is 11.4 Å². The van der Waals surface area contributed by atoms with Crippen molar-refractivity contribution >= 4 is 41.1 Å². The van der Waals surface area contributed by atoms with E-state index in [9.17, 15) is 14.7 Å². The van der Waals surface area contributed by atoms with Gasteiger partial charge in [-0.2, -0.15) is 0 Å². The molecule has 2 fully saturated rings. The zero-order valence-electron chi connectivity index (χ0n) is 19.0. The molecule has 0 atom stereocenters. The minimum atomic E-state index is -0.996. The minimum absolute atomic E-state index is 0.134. The highest BCUT2D eigenvalue weighted by atomic mass is 32.1. The van der Waals surface area contributed by atoms with Gasteiger partial charge in [0, 0.05) is 17.0 Å². The summed E-state index contributed by atoms with van der Waals surface area (Å²) in [6, 6.07) is 14.6. The number of hydrogen-bond acceptors (Lipinski definition) is 4. The van der Waals surface area contributed by atoms with E-state index in [0.717, 1.165) is 23.4 Å². The number of aromatic nitrogens is 1. The Morgan fingerprint density at radius 2 is 1.82 bits per heavy atom. The molecular weight excluding hydrogens is 444 g/mol. The summed E-state index contributed by atoms with van der Waals surface area (Å²) in [5.41, 5.74) is 2.89. The lowest BCUT2D eigenvalue weighted by Crippen LogP contribution is -2.39. The molecule has 0 aliphatic heterocycles. The van der Waals surface area contributed by atoms with Gasteiger partial charge >= 0.3 is 5.97 Å². The van der Waals surface area contributed by atoms with Crippen molar-refractivity contribution in [2.75, 3.05) is 5.32 Å². The van der Waals surface area contributed by atoms with Crippen LogP contribution in [0.3, 0.4) is 0 Å². The van der Waals surface area contributed by atoms with E-state index in [1.807, 2.05) is 42.5 Å². The number of hydrogen-bond donors (Lipinski definition) is 2. The summed E-state index contributed by atoms with van der Waals surface area (Å²) in [4.78, 5) is 30.2. The highest BCUT2D eigenvalue weighted by Gasteiger charge is 2.44. The third kappa shape index (κ3) is 4.42. The van der Waals surface area contributed by atoms with E-state index in [1.54, 1.807) is 29.5 Å². The molecule has 0 radical (unpaired) electrons. The maximum absolute atomic E-state index is 13.6. The average Bonchev–Trinajstić information content (AvgIpc) is 3.48. The number of nitrogens with zero attached hydrogens (tertiary/aromatic N) is 1. The highest BCUT2D eigenvalue weighted by Crippen LogP contribution is 2.43. The van der Waals surface area contributed by atoms with Crippen LogP contribution in [0.25, 0.3) is 12.2 Å². The Kier molecular flexibility index (Phi) is 6.33. The van der Waals surface area contributed by atoms with Crippen molar-refractivity contribution in [2.24, 2.45) is 0 Å². The maximum atomic E-state index is 13.6. The summed E-state index contributed by atoms with van der Waals surface area (Å²) in [6.45, 7) is 0. The van der Waals surface area contributed by atoms with Crippen LogP contribution in [-0.2, 0) is 10.2 Å². The van der Waals surface area contributed by atoms with Gasteiger partial charge in [0.1, 0.15) is 5.01 Å². The van der Waals surface area contributed by atoms with E-state index in [2.05, 4.69) is 10.7 Å². The molecule has 2 N–H and O–H groups in total. The molecule has 1 amide bonds. The monoisotopic (exact) mass is 472 g/mol. The molecule has 3 aromatic rings. The van der Waals surface area contributed by atoms with E-state index in [-0.39, 0.29) is 11.5 Å². The standard InChI is InChI=1S/C28H28N2O3S/c31-26(32)22-11-1-2-12-23(22)28(15-3-4-16-28)27(33)29-21-10-5-7-19(17-21)13-14-25-30-24(18-34-25)20-8-6-9-20/h1-2,5,7,10-14,17-18,20H,3-4,6,8-9,15-16H2,(H,29,33)(H,31,32)/b14-13+. The fourth-order valence-electron chi connectivity index (χ4n) is 5.09. The molecule has 2 saturated carbocycles. The number of carbonyl (C=O) groups is 2. The highest BCUT2D eigenvalue weighted by molar-refractivity contribution is 7.10. The third-order valence-electron chi connectivity index (χ3n) is 7.19. The van der Waals surface area contributed by atoms with Gasteiger partial charge in [-0.15, -0.1) is 11.3 Å². The Morgan fingerprint density at radius 3 is 2.56 bits per heavy atom. The summed E-state index contributed by atoms with van der Waals surface area (Å²) < 4.78 is 0. The molecule has 2 aliphatic carbocycles. The Bertz CT molecular complexity index is 1240. The molecule has 174 valence electrons. The first-order valence-electron chi connectivity index (χ1n) is 11.9. The number of nitrogens with one attached hydrogen (secondary N) is 1. The Labute approximate surface area is 203 Å². The lowest BCUT2D eigenvalue weighted by molar-refractivity contribution is -0.121. The van der Waals surface area contributed by atoms with E-state index in [0.29, 0.717) is 30.0 Å². The van der Waals surface area contributed by atoms with Gasteiger partial charge in [0.15, 0.2) is 0 Å². The van der Waals surface area contributed by atoms with Crippen LogP contribution in [0.2, 0.25) is 0 Å². The summed E-state index contributed by atoms with van der Waals surface area (Å²) >= 11 is 1.66. The van der Waals surface area contributed by atoms with Crippen LogP contribution in [0.15, 0.2) is 53.9 Å². The van der Waals surface area contributed by atoms with E-state index in [4.69, 9.17) is 4.98 Å². The number of carbonyl (C=O) groups excluding carboxylic acids is 1. The van der Waals surface area contributed by atoms with Gasteiger partial charge in [0.2, 0.25) is 5.91 Å². The van der Waals surface area contributed by atoms with Crippen molar-refractivity contribution in [2.45, 2.75) is 56.3 Å². The molecule has 5 rings (SSSR count). The number of thiazole rings is 1. The zero-order chi connectivity index (χ0) is 23.5. The van der Waals surface area contributed by atoms with Gasteiger partial charge in [-0.3, -0.25) is 4.79 Å². The summed E-state index contributed by atoms with van der Waals surface area (Å²) in [6.07, 6.45) is 10.9. The molecule has 5 nitrogen and oxygen atoms in total. The predicted molar refractivity (Wildman–Crippen MR) is 136 cm³/mol. The lowest BCUT2D eigenvalue weighted by Gasteiger charge is -2.29. The molecule has 2 aliphatic rings. The molecule has 0 spiro atoms. The van der Waals surface area contributed by atoms with Crippen LogP contribution >= 0.6 is 11.3 Å². The van der Waals surface area contributed by atoms with Gasteiger partial charge in [-0.05, 0) is 61.1 Å². The van der Waals surface area contributed by atoms with Crippen molar-refractivity contribution in [3.63, 3.8) is 0 Å². The van der Waals surface area contributed by atoms with E-state index >= 15 is 0 Å². The number of rotatable bonds is 7. The lowest BCUT2D eigenvalue weighted by atomic mass is 9.75. The summed E-state index contributed by atoms with van der Waals surface area (Å²) in [7, 11) is 0. The van der Waals surface area contributed by atoms with Gasteiger partial charge in [-0.1, -0.05) is 55.7 Å². The number of amides is 1. The Balaban J connectivity index is 1.35. The fourth-order valence-corrected chi connectivity index (χ4v) is 5.88. The second-order valence-electron chi connectivity index (χ2n) is 9.29.